The van der Waals surface area contributed by atoms with Gasteiger partial charge in [-0.1, -0.05) is 26.8 Å². The molecule has 0 aromatic carbocycles. The summed E-state index contributed by atoms with van der Waals surface area (Å²) in [4.78, 5) is 0. The lowest BCUT2D eigenvalue weighted by atomic mass is 9.64. The number of hydrogen-bond acceptors (Lipinski definition) is 1. The Hall–Kier alpha value is -0.300. The molecule has 14 heavy (non-hydrogen) atoms. The lowest BCUT2D eigenvalue weighted by Crippen LogP contribution is -2.54. The van der Waals surface area contributed by atoms with Crippen LogP contribution in [0.25, 0.3) is 0 Å². The van der Waals surface area contributed by atoms with Crippen LogP contribution in [0.1, 0.15) is 46.5 Å². The van der Waals surface area contributed by atoms with Gasteiger partial charge in [-0.2, -0.15) is 0 Å². The van der Waals surface area contributed by atoms with Crippen molar-refractivity contribution in [2.45, 2.75) is 52.0 Å². The van der Waals surface area contributed by atoms with Crippen molar-refractivity contribution in [1.82, 2.24) is 0 Å². The van der Waals surface area contributed by atoms with Gasteiger partial charge >= 0.3 is 0 Å². The van der Waals surface area contributed by atoms with E-state index in [9.17, 15) is 0 Å². The minimum absolute atomic E-state index is 0.0563. The monoisotopic (exact) mass is 195 g/mol. The number of allylic oxidation sites excluding steroid dienone is 1. The van der Waals surface area contributed by atoms with E-state index in [1.807, 2.05) is 6.08 Å². The Morgan fingerprint density at radius 2 is 2.21 bits per heavy atom. The van der Waals surface area contributed by atoms with E-state index >= 15 is 0 Å². The largest absolute Gasteiger partial charge is 0.325 e. The molecule has 0 aliphatic heterocycles. The fraction of sp³-hybridized carbons (Fsp3) is 0.846. The van der Waals surface area contributed by atoms with Crippen molar-refractivity contribution in [2.24, 2.45) is 23.5 Å². The van der Waals surface area contributed by atoms with Crippen LogP contribution < -0.4 is 5.73 Å². The summed E-state index contributed by atoms with van der Waals surface area (Å²) in [6.07, 6.45) is 6.87. The van der Waals surface area contributed by atoms with Crippen LogP contribution in [0, 0.1) is 17.8 Å². The van der Waals surface area contributed by atoms with E-state index < -0.39 is 0 Å². The molecular formula is C13H25N. The predicted molar refractivity (Wildman–Crippen MR) is 63.1 cm³/mol. The van der Waals surface area contributed by atoms with Gasteiger partial charge in [0.05, 0.1) is 0 Å². The van der Waals surface area contributed by atoms with Crippen molar-refractivity contribution < 1.29 is 0 Å². The van der Waals surface area contributed by atoms with E-state index in [1.54, 1.807) is 0 Å². The normalized spacial score (nSPS) is 38.6. The van der Waals surface area contributed by atoms with Gasteiger partial charge in [0.25, 0.3) is 0 Å². The highest BCUT2D eigenvalue weighted by molar-refractivity contribution is 4.99. The molecule has 0 aromatic rings. The summed E-state index contributed by atoms with van der Waals surface area (Å²) < 4.78 is 0. The second-order valence-electron chi connectivity index (χ2n) is 5.37. The van der Waals surface area contributed by atoms with Gasteiger partial charge in [-0.3, -0.25) is 0 Å². The minimum Gasteiger partial charge on any atom is -0.325 e. The molecule has 1 fully saturated rings. The second kappa shape index (κ2) is 4.48. The van der Waals surface area contributed by atoms with E-state index in [-0.39, 0.29) is 5.54 Å². The highest BCUT2D eigenvalue weighted by Crippen LogP contribution is 2.41. The Morgan fingerprint density at radius 3 is 2.71 bits per heavy atom. The summed E-state index contributed by atoms with van der Waals surface area (Å²) in [7, 11) is 0. The average Bonchev–Trinajstić information content (AvgIpc) is 2.12. The van der Waals surface area contributed by atoms with Crippen LogP contribution in [0.5, 0.6) is 0 Å². The molecule has 2 N–H and O–H groups in total. The zero-order chi connectivity index (χ0) is 10.8. The van der Waals surface area contributed by atoms with Gasteiger partial charge in [0, 0.05) is 5.54 Å². The van der Waals surface area contributed by atoms with Gasteiger partial charge in [-0.25, -0.2) is 0 Å². The molecule has 3 atom stereocenters. The van der Waals surface area contributed by atoms with Crippen LogP contribution >= 0.6 is 0 Å². The summed E-state index contributed by atoms with van der Waals surface area (Å²) in [6, 6.07) is 0. The molecular weight excluding hydrogens is 170 g/mol. The smallest absolute Gasteiger partial charge is 0.0209 e. The summed E-state index contributed by atoms with van der Waals surface area (Å²) in [6.45, 7) is 10.7. The lowest BCUT2D eigenvalue weighted by Gasteiger charge is -2.46. The minimum atomic E-state index is 0.0563. The molecule has 3 unspecified atom stereocenters. The Bertz CT molecular complexity index is 197. The van der Waals surface area contributed by atoms with E-state index in [0.29, 0.717) is 11.8 Å². The maximum Gasteiger partial charge on any atom is 0.0209 e. The summed E-state index contributed by atoms with van der Waals surface area (Å²) in [5.74, 6) is 2.07. The van der Waals surface area contributed by atoms with Crippen molar-refractivity contribution in [3.63, 3.8) is 0 Å². The highest BCUT2D eigenvalue weighted by Gasteiger charge is 2.40. The Morgan fingerprint density at radius 1 is 1.57 bits per heavy atom. The molecule has 0 heterocycles. The fourth-order valence-corrected chi connectivity index (χ4v) is 2.80. The molecule has 1 rings (SSSR count). The molecule has 0 spiro atoms. The van der Waals surface area contributed by atoms with Crippen LogP contribution in [-0.4, -0.2) is 5.54 Å². The van der Waals surface area contributed by atoms with Gasteiger partial charge in [0.15, 0.2) is 0 Å². The predicted octanol–water partition coefficient (Wildman–Crippen LogP) is 3.35. The van der Waals surface area contributed by atoms with Crippen molar-refractivity contribution in [3.05, 3.63) is 12.7 Å². The topological polar surface area (TPSA) is 26.0 Å². The summed E-state index contributed by atoms with van der Waals surface area (Å²) in [5.41, 5.74) is 6.60. The molecule has 1 saturated carbocycles. The molecule has 1 aliphatic carbocycles. The quantitative estimate of drug-likeness (QED) is 0.687. The van der Waals surface area contributed by atoms with Gasteiger partial charge in [-0.05, 0) is 43.4 Å². The van der Waals surface area contributed by atoms with Crippen molar-refractivity contribution in [1.29, 1.82) is 0 Å². The van der Waals surface area contributed by atoms with E-state index in [4.69, 9.17) is 5.73 Å². The second-order valence-corrected chi connectivity index (χ2v) is 5.37. The van der Waals surface area contributed by atoms with Crippen LogP contribution in [-0.2, 0) is 0 Å². The Balaban J connectivity index is 2.75. The molecule has 82 valence electrons. The van der Waals surface area contributed by atoms with Gasteiger partial charge in [0.2, 0.25) is 0 Å². The molecule has 1 aliphatic rings. The third-order valence-corrected chi connectivity index (χ3v) is 4.04. The van der Waals surface area contributed by atoms with Crippen LogP contribution in [0.15, 0.2) is 12.7 Å². The maximum atomic E-state index is 6.55. The number of hydrogen-bond donors (Lipinski definition) is 1. The Labute approximate surface area is 88.8 Å². The van der Waals surface area contributed by atoms with Gasteiger partial charge in [0.1, 0.15) is 0 Å². The van der Waals surface area contributed by atoms with Crippen LogP contribution in [0.4, 0.5) is 0 Å². The Kier molecular flexibility index (Phi) is 3.77. The molecule has 1 nitrogen and oxygen atoms in total. The first-order valence-corrected chi connectivity index (χ1v) is 5.90. The maximum absolute atomic E-state index is 6.55. The molecule has 0 aromatic heterocycles. The van der Waals surface area contributed by atoms with E-state index in [0.717, 1.165) is 12.3 Å². The third-order valence-electron chi connectivity index (χ3n) is 4.04. The summed E-state index contributed by atoms with van der Waals surface area (Å²) in [5, 5.41) is 0. The standard InChI is InChI=1S/C13H25N/c1-5-6-12-9-11(4)7-8-13(12,14)10(2)3/h5,10-12H,1,6-9,14H2,2-4H3. The summed E-state index contributed by atoms with van der Waals surface area (Å²) >= 11 is 0. The first-order valence-electron chi connectivity index (χ1n) is 5.90. The molecule has 1 heteroatoms. The van der Waals surface area contributed by atoms with Crippen molar-refractivity contribution in [3.8, 4) is 0 Å². The first-order chi connectivity index (χ1) is 6.50. The first kappa shape index (κ1) is 11.8. The van der Waals surface area contributed by atoms with E-state index in [1.165, 1.54) is 19.3 Å². The molecule has 0 amide bonds. The highest BCUT2D eigenvalue weighted by atomic mass is 14.8. The van der Waals surface area contributed by atoms with E-state index in [2.05, 4.69) is 27.4 Å². The van der Waals surface area contributed by atoms with Crippen molar-refractivity contribution >= 4 is 0 Å². The van der Waals surface area contributed by atoms with Gasteiger partial charge < -0.3 is 5.73 Å². The van der Waals surface area contributed by atoms with Crippen LogP contribution in [0.2, 0.25) is 0 Å². The average molecular weight is 195 g/mol. The van der Waals surface area contributed by atoms with Gasteiger partial charge in [-0.15, -0.1) is 6.58 Å². The number of rotatable bonds is 3. The SMILES string of the molecule is C=CCC1CC(C)CCC1(N)C(C)C. The molecule has 0 radical (unpaired) electrons. The third kappa shape index (κ3) is 2.20. The lowest BCUT2D eigenvalue weighted by molar-refractivity contribution is 0.107. The molecule has 0 bridgehead atoms. The van der Waals surface area contributed by atoms with Crippen molar-refractivity contribution in [2.75, 3.05) is 0 Å². The number of nitrogens with two attached hydrogens (primary N) is 1. The fourth-order valence-electron chi connectivity index (χ4n) is 2.80. The molecule has 0 saturated heterocycles. The zero-order valence-corrected chi connectivity index (χ0v) is 9.92. The zero-order valence-electron chi connectivity index (χ0n) is 9.92. The van der Waals surface area contributed by atoms with Crippen LogP contribution in [0.3, 0.4) is 0 Å².